The fourth-order valence-electron chi connectivity index (χ4n) is 0.729. The summed E-state index contributed by atoms with van der Waals surface area (Å²) >= 11 is 0. The second kappa shape index (κ2) is 12.9. The van der Waals surface area contributed by atoms with Crippen LogP contribution in [0.25, 0.3) is 0 Å². The molecule has 0 aliphatic rings. The molecule has 13 heavy (non-hydrogen) atoms. The number of unbranched alkanes of at least 4 members (excludes halogenated alkanes) is 2. The van der Waals surface area contributed by atoms with E-state index in [0.29, 0.717) is 19.3 Å². The Kier molecular flexibility index (Phi) is 19.4. The van der Waals surface area contributed by atoms with Crippen LogP contribution >= 0.6 is 0 Å². The molecular weight excluding hydrogens is 194 g/mol. The molecule has 0 atom stereocenters. The van der Waals surface area contributed by atoms with Crippen LogP contribution in [0.3, 0.4) is 0 Å². The van der Waals surface area contributed by atoms with Crippen LogP contribution in [-0.2, 0) is 9.59 Å². The summed E-state index contributed by atoms with van der Waals surface area (Å²) in [4.78, 5) is 20.0. The smallest absolute Gasteiger partial charge is 1.00 e. The third kappa shape index (κ3) is 19.4. The Bertz CT molecular complexity index is 142. The van der Waals surface area contributed by atoms with Gasteiger partial charge in [-0.2, -0.15) is 0 Å². The van der Waals surface area contributed by atoms with E-state index in [9.17, 15) is 9.59 Å². The van der Waals surface area contributed by atoms with Crippen LogP contribution in [0, 0.1) is 0 Å². The number of carboxylic acid groups (broad SMARTS) is 2. The summed E-state index contributed by atoms with van der Waals surface area (Å²) < 4.78 is 0. The van der Waals surface area contributed by atoms with Gasteiger partial charge in [0, 0.05) is 12.8 Å². The summed E-state index contributed by atoms with van der Waals surface area (Å²) in [7, 11) is 0. The summed E-state index contributed by atoms with van der Waals surface area (Å²) in [6, 6.07) is 0. The van der Waals surface area contributed by atoms with Crippen molar-refractivity contribution in [3.63, 3.8) is 0 Å². The number of rotatable bonds is 6. The Labute approximate surface area is 125 Å². The Morgan fingerprint density at radius 2 is 1.15 bits per heavy atom. The Morgan fingerprint density at radius 1 is 0.846 bits per heavy atom. The standard InChI is InChI=1S/C7H12O4.2Na.2H/c8-6(9)4-2-1-3-5-7(10)11;;;;/h1-5H2,(H,8,9)(H,10,11);;;;/q;2*+1;2*-1. The van der Waals surface area contributed by atoms with Gasteiger partial charge < -0.3 is 13.1 Å². The van der Waals surface area contributed by atoms with Gasteiger partial charge in [-0.3, -0.25) is 9.59 Å². The maximum absolute atomic E-state index is 9.98. The predicted octanol–water partition coefficient (Wildman–Crippen LogP) is -4.66. The van der Waals surface area contributed by atoms with Gasteiger partial charge in [0.1, 0.15) is 0 Å². The first-order valence-corrected chi connectivity index (χ1v) is 3.56. The van der Waals surface area contributed by atoms with E-state index in [4.69, 9.17) is 10.2 Å². The summed E-state index contributed by atoms with van der Waals surface area (Å²) in [5.41, 5.74) is 0. The molecule has 0 saturated heterocycles. The van der Waals surface area contributed by atoms with E-state index in [-0.39, 0.29) is 74.8 Å². The minimum absolute atomic E-state index is 0. The average molecular weight is 208 g/mol. The molecule has 0 spiro atoms. The number of carbonyl (C=O) groups is 2. The van der Waals surface area contributed by atoms with Crippen LogP contribution < -0.4 is 59.1 Å². The van der Waals surface area contributed by atoms with Crippen LogP contribution in [-0.4, -0.2) is 22.2 Å². The molecule has 0 saturated carbocycles. The van der Waals surface area contributed by atoms with Crippen LogP contribution in [0.2, 0.25) is 0 Å². The van der Waals surface area contributed by atoms with E-state index in [2.05, 4.69) is 0 Å². The molecule has 0 unspecified atom stereocenters. The normalized spacial score (nSPS) is 8.00. The van der Waals surface area contributed by atoms with Gasteiger partial charge >= 0.3 is 71.1 Å². The van der Waals surface area contributed by atoms with Crippen molar-refractivity contribution in [1.29, 1.82) is 0 Å². The quantitative estimate of drug-likeness (QED) is 0.340. The largest absolute Gasteiger partial charge is 1.00 e. The van der Waals surface area contributed by atoms with Crippen molar-refractivity contribution in [2.75, 3.05) is 0 Å². The Hall–Kier alpha value is 0.940. The minimum Gasteiger partial charge on any atom is -1.00 e. The van der Waals surface area contributed by atoms with Crippen molar-refractivity contribution in [2.45, 2.75) is 32.1 Å². The Morgan fingerprint density at radius 3 is 1.38 bits per heavy atom. The van der Waals surface area contributed by atoms with Crippen molar-refractivity contribution in [3.05, 3.63) is 0 Å². The zero-order valence-electron chi connectivity index (χ0n) is 10.2. The molecule has 0 bridgehead atoms. The maximum atomic E-state index is 9.98. The Balaban J connectivity index is -0.0000000833. The minimum atomic E-state index is -0.819. The molecule has 0 aromatic rings. The SMILES string of the molecule is O=C(O)CCCCCC(=O)O.[H-].[H-].[Na+].[Na+]. The molecule has 4 nitrogen and oxygen atoms in total. The number of carboxylic acids is 2. The first kappa shape index (κ1) is 19.5. The van der Waals surface area contributed by atoms with Gasteiger partial charge in [-0.25, -0.2) is 0 Å². The van der Waals surface area contributed by atoms with Gasteiger partial charge in [0.05, 0.1) is 0 Å². The van der Waals surface area contributed by atoms with E-state index in [1.165, 1.54) is 0 Å². The molecule has 0 amide bonds. The molecule has 0 rings (SSSR count). The van der Waals surface area contributed by atoms with E-state index in [1.807, 2.05) is 0 Å². The van der Waals surface area contributed by atoms with Crippen LogP contribution in [0.4, 0.5) is 0 Å². The van der Waals surface area contributed by atoms with Crippen molar-refractivity contribution in [1.82, 2.24) is 0 Å². The molecular formula is C7H14Na2O4. The van der Waals surface area contributed by atoms with E-state index < -0.39 is 11.9 Å². The second-order valence-corrected chi connectivity index (χ2v) is 2.35. The zero-order chi connectivity index (χ0) is 8.69. The van der Waals surface area contributed by atoms with Crippen molar-refractivity contribution < 1.29 is 81.8 Å². The number of hydrogen-bond acceptors (Lipinski definition) is 2. The zero-order valence-corrected chi connectivity index (χ0v) is 12.2. The maximum Gasteiger partial charge on any atom is 1.00 e. The molecule has 0 aliphatic carbocycles. The van der Waals surface area contributed by atoms with Crippen molar-refractivity contribution in [3.8, 4) is 0 Å². The summed E-state index contributed by atoms with van der Waals surface area (Å²) in [6.45, 7) is 0. The molecule has 2 N–H and O–H groups in total. The molecule has 0 fully saturated rings. The molecule has 0 radical (unpaired) electrons. The van der Waals surface area contributed by atoms with Crippen molar-refractivity contribution in [2.24, 2.45) is 0 Å². The number of aliphatic carboxylic acids is 2. The van der Waals surface area contributed by atoms with Gasteiger partial charge in [-0.15, -0.1) is 0 Å². The van der Waals surface area contributed by atoms with Gasteiger partial charge in [0.15, 0.2) is 0 Å². The van der Waals surface area contributed by atoms with Crippen molar-refractivity contribution >= 4 is 11.9 Å². The molecule has 0 aromatic heterocycles. The van der Waals surface area contributed by atoms with E-state index >= 15 is 0 Å². The van der Waals surface area contributed by atoms with Gasteiger partial charge in [0.2, 0.25) is 0 Å². The number of hydrogen-bond donors (Lipinski definition) is 2. The molecule has 68 valence electrons. The first-order chi connectivity index (χ1) is 5.13. The first-order valence-electron chi connectivity index (χ1n) is 3.56. The summed E-state index contributed by atoms with van der Waals surface area (Å²) in [5.74, 6) is -1.64. The molecule has 0 aromatic carbocycles. The summed E-state index contributed by atoms with van der Waals surface area (Å²) in [5, 5.41) is 16.4. The van der Waals surface area contributed by atoms with Crippen LogP contribution in [0.5, 0.6) is 0 Å². The molecule has 6 heteroatoms. The van der Waals surface area contributed by atoms with Crippen LogP contribution in [0.15, 0.2) is 0 Å². The third-order valence-electron chi connectivity index (χ3n) is 1.28. The monoisotopic (exact) mass is 208 g/mol. The second-order valence-electron chi connectivity index (χ2n) is 2.35. The van der Waals surface area contributed by atoms with Gasteiger partial charge in [0.25, 0.3) is 0 Å². The fourth-order valence-corrected chi connectivity index (χ4v) is 0.729. The average Bonchev–Trinajstić information content (AvgIpc) is 1.85. The summed E-state index contributed by atoms with van der Waals surface area (Å²) in [6.07, 6.45) is 2.10. The fraction of sp³-hybridized carbons (Fsp3) is 0.714. The van der Waals surface area contributed by atoms with Gasteiger partial charge in [-0.05, 0) is 12.8 Å². The molecule has 0 heterocycles. The molecule has 0 aliphatic heterocycles. The third-order valence-corrected chi connectivity index (χ3v) is 1.28. The van der Waals surface area contributed by atoms with Crippen LogP contribution in [0.1, 0.15) is 35.0 Å². The topological polar surface area (TPSA) is 74.6 Å². The van der Waals surface area contributed by atoms with Gasteiger partial charge in [-0.1, -0.05) is 6.42 Å². The van der Waals surface area contributed by atoms with E-state index in [1.54, 1.807) is 0 Å². The van der Waals surface area contributed by atoms with E-state index in [0.717, 1.165) is 0 Å². The predicted molar refractivity (Wildman–Crippen MR) is 40.6 cm³/mol.